The third kappa shape index (κ3) is 5.73. The van der Waals surface area contributed by atoms with Crippen molar-refractivity contribution in [1.29, 1.82) is 0 Å². The molecule has 0 fully saturated rings. The molecule has 0 saturated carbocycles. The Balaban J connectivity index is 1.32. The predicted octanol–water partition coefficient (Wildman–Crippen LogP) is 3.81. The number of nitrogens with zero attached hydrogens (tertiary/aromatic N) is 5. The van der Waals surface area contributed by atoms with Gasteiger partial charge in [0.2, 0.25) is 0 Å². The smallest absolute Gasteiger partial charge is 0.319 e. The molecule has 2 aliphatic rings. The number of fused-ring (bicyclic) bond motifs is 2. The van der Waals surface area contributed by atoms with E-state index in [9.17, 15) is 14.4 Å². The molecule has 1 atom stereocenters. The second-order valence-corrected chi connectivity index (χ2v) is 12.0. The second-order valence-electron chi connectivity index (χ2n) is 12.0. The molecule has 2 aliphatic heterocycles. The average Bonchev–Trinajstić information content (AvgIpc) is 3.58. The SMILES string of the molecule is C=C(C=O)CN1Cc2ccc(C(=O)Nc3nn(C)c4c3CN(C(=O)N[C@H](CN(C)C)c3ccccc3)C4(C)C)cc2C1. The molecule has 1 aromatic heterocycles. The van der Waals surface area contributed by atoms with E-state index in [1.165, 1.54) is 0 Å². The lowest BCUT2D eigenvalue weighted by atomic mass is 10.0. The highest BCUT2D eigenvalue weighted by Gasteiger charge is 2.45. The Hall–Kier alpha value is -4.28. The van der Waals surface area contributed by atoms with Gasteiger partial charge in [0.25, 0.3) is 5.91 Å². The summed E-state index contributed by atoms with van der Waals surface area (Å²) < 4.78 is 1.76. The second kappa shape index (κ2) is 11.5. The lowest BCUT2D eigenvalue weighted by Gasteiger charge is -2.34. The maximum absolute atomic E-state index is 13.7. The van der Waals surface area contributed by atoms with Gasteiger partial charge >= 0.3 is 6.03 Å². The van der Waals surface area contributed by atoms with Crippen LogP contribution >= 0.6 is 0 Å². The minimum absolute atomic E-state index is 0.176. The molecule has 10 nitrogen and oxygen atoms in total. The standard InChI is InChI=1S/C32H39N7O3/c1-21(20-40)15-38-16-24-13-12-23(14-25(24)17-38)30(41)34-29-26-18-39(32(2,3)28(26)37(6)35-29)31(42)33-27(19-36(4)5)22-10-8-7-9-11-22/h7-14,20,27H,1,15-19H2,2-6H3,(H,33,42)(H,34,35,41)/t27-/m1/s1. The summed E-state index contributed by atoms with van der Waals surface area (Å²) in [5.41, 5.74) is 5.36. The van der Waals surface area contributed by atoms with Gasteiger partial charge in [0, 0.05) is 44.4 Å². The number of rotatable bonds is 9. The number of benzene rings is 2. The fourth-order valence-electron chi connectivity index (χ4n) is 6.13. The van der Waals surface area contributed by atoms with Crippen molar-refractivity contribution in [3.05, 3.63) is 94.2 Å². The first-order chi connectivity index (χ1) is 20.0. The van der Waals surface area contributed by atoms with Crippen molar-refractivity contribution in [2.45, 2.75) is 45.1 Å². The van der Waals surface area contributed by atoms with Gasteiger partial charge in [-0.1, -0.05) is 43.0 Å². The van der Waals surface area contributed by atoms with Crippen molar-refractivity contribution in [2.24, 2.45) is 7.05 Å². The van der Waals surface area contributed by atoms with E-state index in [1.54, 1.807) is 9.58 Å². The molecule has 0 saturated heterocycles. The first-order valence-electron chi connectivity index (χ1n) is 14.1. The third-order valence-electron chi connectivity index (χ3n) is 8.09. The van der Waals surface area contributed by atoms with Crippen LogP contribution in [0.25, 0.3) is 0 Å². The normalized spacial score (nSPS) is 16.2. The zero-order valence-corrected chi connectivity index (χ0v) is 25.0. The number of amides is 3. The van der Waals surface area contributed by atoms with Gasteiger partial charge < -0.3 is 20.4 Å². The highest BCUT2D eigenvalue weighted by atomic mass is 16.2. The molecule has 220 valence electrons. The molecule has 0 spiro atoms. The molecule has 0 aliphatic carbocycles. The Morgan fingerprint density at radius 1 is 1.10 bits per heavy atom. The first-order valence-corrected chi connectivity index (χ1v) is 14.1. The van der Waals surface area contributed by atoms with Crippen LogP contribution in [0.3, 0.4) is 0 Å². The van der Waals surface area contributed by atoms with Crippen LogP contribution in [0.4, 0.5) is 10.6 Å². The van der Waals surface area contributed by atoms with E-state index in [4.69, 9.17) is 0 Å². The Morgan fingerprint density at radius 2 is 1.81 bits per heavy atom. The Kier molecular flexibility index (Phi) is 8.03. The number of hydrogen-bond acceptors (Lipinski definition) is 6. The maximum atomic E-state index is 13.7. The topological polar surface area (TPSA) is 103 Å². The summed E-state index contributed by atoms with van der Waals surface area (Å²) >= 11 is 0. The average molecular weight is 570 g/mol. The molecule has 0 unspecified atom stereocenters. The van der Waals surface area contributed by atoms with Crippen molar-refractivity contribution in [1.82, 2.24) is 29.8 Å². The van der Waals surface area contributed by atoms with Crippen LogP contribution in [-0.4, -0.2) is 69.9 Å². The number of carbonyl (C=O) groups excluding carboxylic acids is 3. The largest absolute Gasteiger partial charge is 0.330 e. The summed E-state index contributed by atoms with van der Waals surface area (Å²) in [5, 5.41) is 10.9. The fraction of sp³-hybridized carbons (Fsp3) is 0.375. The number of aldehydes is 1. The number of likely N-dealkylation sites (N-methyl/N-ethyl adjacent to an activating group) is 1. The van der Waals surface area contributed by atoms with Gasteiger partial charge in [-0.2, -0.15) is 5.10 Å². The van der Waals surface area contributed by atoms with E-state index in [0.717, 1.165) is 34.2 Å². The van der Waals surface area contributed by atoms with Gasteiger partial charge in [-0.05, 0) is 62.3 Å². The highest BCUT2D eigenvalue weighted by Crippen LogP contribution is 2.42. The van der Waals surface area contributed by atoms with Crippen LogP contribution < -0.4 is 10.6 Å². The van der Waals surface area contributed by atoms with E-state index >= 15 is 0 Å². The highest BCUT2D eigenvalue weighted by molar-refractivity contribution is 6.04. The molecule has 42 heavy (non-hydrogen) atoms. The van der Waals surface area contributed by atoms with Crippen LogP contribution in [0.2, 0.25) is 0 Å². The fourth-order valence-corrected chi connectivity index (χ4v) is 6.13. The van der Waals surface area contributed by atoms with E-state index in [0.29, 0.717) is 49.7 Å². The van der Waals surface area contributed by atoms with Crippen LogP contribution in [0, 0.1) is 0 Å². The van der Waals surface area contributed by atoms with E-state index in [-0.39, 0.29) is 18.0 Å². The quantitative estimate of drug-likeness (QED) is 0.300. The number of aromatic nitrogens is 2. The number of hydrogen-bond donors (Lipinski definition) is 2. The number of anilines is 1. The van der Waals surface area contributed by atoms with Crippen molar-refractivity contribution in [3.8, 4) is 0 Å². The molecule has 0 bridgehead atoms. The van der Waals surface area contributed by atoms with Crippen molar-refractivity contribution in [2.75, 3.05) is 32.5 Å². The van der Waals surface area contributed by atoms with Crippen LogP contribution in [0.15, 0.2) is 60.7 Å². The van der Waals surface area contributed by atoms with E-state index in [2.05, 4.69) is 32.1 Å². The molecule has 3 aromatic rings. The molecule has 0 radical (unpaired) electrons. The number of aryl methyl sites for hydroxylation is 1. The first kappa shape index (κ1) is 29.2. The summed E-state index contributed by atoms with van der Waals surface area (Å²) in [5.74, 6) is 0.198. The van der Waals surface area contributed by atoms with Crippen molar-refractivity contribution in [3.63, 3.8) is 0 Å². The number of urea groups is 1. The van der Waals surface area contributed by atoms with Crippen LogP contribution in [0.5, 0.6) is 0 Å². The Morgan fingerprint density at radius 3 is 2.50 bits per heavy atom. The van der Waals surface area contributed by atoms with Gasteiger partial charge in [0.05, 0.1) is 23.8 Å². The Labute approximate surface area is 247 Å². The van der Waals surface area contributed by atoms with Gasteiger partial charge in [0.1, 0.15) is 6.29 Å². The molecular weight excluding hydrogens is 530 g/mol. The lowest BCUT2D eigenvalue weighted by Crippen LogP contribution is -2.49. The summed E-state index contributed by atoms with van der Waals surface area (Å²) in [6, 6.07) is 15.3. The zero-order chi connectivity index (χ0) is 30.2. The monoisotopic (exact) mass is 569 g/mol. The molecule has 10 heteroatoms. The van der Waals surface area contributed by atoms with Gasteiger partial charge in [-0.3, -0.25) is 19.2 Å². The van der Waals surface area contributed by atoms with Gasteiger partial charge in [-0.15, -0.1) is 0 Å². The lowest BCUT2D eigenvalue weighted by molar-refractivity contribution is -0.105. The third-order valence-corrected chi connectivity index (χ3v) is 8.09. The number of nitrogens with one attached hydrogen (secondary N) is 2. The van der Waals surface area contributed by atoms with E-state index in [1.807, 2.05) is 83.5 Å². The molecule has 5 rings (SSSR count). The summed E-state index contributed by atoms with van der Waals surface area (Å²) in [7, 11) is 5.81. The molecule has 3 amide bonds. The van der Waals surface area contributed by atoms with Gasteiger partial charge in [-0.25, -0.2) is 4.79 Å². The molecule has 3 heterocycles. The summed E-state index contributed by atoms with van der Waals surface area (Å²) in [6.07, 6.45) is 0.782. The predicted molar refractivity (Wildman–Crippen MR) is 162 cm³/mol. The van der Waals surface area contributed by atoms with Gasteiger partial charge in [0.15, 0.2) is 5.82 Å². The Bertz CT molecular complexity index is 1530. The minimum Gasteiger partial charge on any atom is -0.330 e. The van der Waals surface area contributed by atoms with Crippen LogP contribution in [-0.2, 0) is 37.0 Å². The van der Waals surface area contributed by atoms with E-state index < -0.39 is 5.54 Å². The molecule has 2 aromatic carbocycles. The van der Waals surface area contributed by atoms with Crippen molar-refractivity contribution >= 4 is 24.0 Å². The molecular formula is C32H39N7O3. The summed E-state index contributed by atoms with van der Waals surface area (Å²) in [4.78, 5) is 44.1. The van der Waals surface area contributed by atoms with Crippen LogP contribution in [0.1, 0.15) is 58.2 Å². The number of carbonyl (C=O) groups is 3. The van der Waals surface area contributed by atoms with Crippen molar-refractivity contribution < 1.29 is 14.4 Å². The zero-order valence-electron chi connectivity index (χ0n) is 25.0. The maximum Gasteiger partial charge on any atom is 0.319 e. The summed E-state index contributed by atoms with van der Waals surface area (Å²) in [6.45, 7) is 10.6. The molecule has 2 N–H and O–H groups in total. The minimum atomic E-state index is -0.647.